The maximum atomic E-state index is 5.06. The second-order valence-corrected chi connectivity index (χ2v) is 2.92. The maximum Gasteiger partial charge on any atom is 0.0980 e. The van der Waals surface area contributed by atoms with Crippen LogP contribution >= 0.6 is 0 Å². The smallest absolute Gasteiger partial charge is 0.0980 e. The molecule has 0 bridgehead atoms. The molecule has 0 saturated carbocycles. The van der Waals surface area contributed by atoms with Gasteiger partial charge in [-0.25, -0.2) is 9.78 Å². The third-order valence-corrected chi connectivity index (χ3v) is 1.22. The molecule has 0 heterocycles. The lowest BCUT2D eigenvalue weighted by Gasteiger charge is -2.21. The van der Waals surface area contributed by atoms with Gasteiger partial charge in [0.25, 0.3) is 0 Å². The molecular weight excluding hydrogens is 128 g/mol. The largest absolute Gasteiger partial charge is 0.236 e. The Labute approximate surface area is 63.5 Å². The van der Waals surface area contributed by atoms with E-state index in [9.17, 15) is 0 Å². The third kappa shape index (κ3) is 4.77. The molecule has 0 N–H and O–H groups in total. The first-order chi connectivity index (χ1) is 4.62. The van der Waals surface area contributed by atoms with Crippen molar-refractivity contribution in [2.24, 2.45) is 0 Å². The van der Waals surface area contributed by atoms with E-state index in [4.69, 9.17) is 9.78 Å². The minimum Gasteiger partial charge on any atom is -0.236 e. The Kier molecular flexibility index (Phi) is 4.65. The van der Waals surface area contributed by atoms with Gasteiger partial charge in [-0.05, 0) is 27.2 Å². The van der Waals surface area contributed by atoms with E-state index in [-0.39, 0.29) is 5.60 Å². The highest BCUT2D eigenvalue weighted by molar-refractivity contribution is 4.64. The molecule has 1 radical (unpaired) electrons. The van der Waals surface area contributed by atoms with E-state index in [0.29, 0.717) is 6.61 Å². The molecule has 0 saturated heterocycles. The van der Waals surface area contributed by atoms with Crippen LogP contribution in [0.1, 0.15) is 33.6 Å². The minimum atomic E-state index is -0.160. The summed E-state index contributed by atoms with van der Waals surface area (Å²) < 4.78 is 0. The van der Waals surface area contributed by atoms with Gasteiger partial charge in [0.1, 0.15) is 0 Å². The summed E-state index contributed by atoms with van der Waals surface area (Å²) in [4.78, 5) is 9.80. The maximum absolute atomic E-state index is 5.06. The van der Waals surface area contributed by atoms with Crippen LogP contribution in [0.15, 0.2) is 0 Å². The average molecular weight is 145 g/mol. The zero-order chi connectivity index (χ0) is 8.04. The molecule has 2 heteroatoms. The summed E-state index contributed by atoms with van der Waals surface area (Å²) >= 11 is 0. The van der Waals surface area contributed by atoms with Crippen LogP contribution in [0, 0.1) is 6.92 Å². The van der Waals surface area contributed by atoms with Gasteiger partial charge in [-0.15, -0.1) is 0 Å². The van der Waals surface area contributed by atoms with Crippen LogP contribution in [0.25, 0.3) is 0 Å². The van der Waals surface area contributed by atoms with E-state index < -0.39 is 0 Å². The second-order valence-electron chi connectivity index (χ2n) is 2.92. The van der Waals surface area contributed by atoms with Crippen molar-refractivity contribution in [2.75, 3.05) is 6.61 Å². The Morgan fingerprint density at radius 3 is 2.40 bits per heavy atom. The minimum absolute atomic E-state index is 0.160. The predicted octanol–water partition coefficient (Wildman–Crippen LogP) is 2.35. The Bertz CT molecular complexity index is 79.3. The molecule has 0 aromatic carbocycles. The number of hydrogen-bond donors (Lipinski definition) is 0. The SMILES string of the molecule is [CH2]COOC(C)(C)CCC. The van der Waals surface area contributed by atoms with Crippen LogP contribution < -0.4 is 0 Å². The lowest BCUT2D eigenvalue weighted by atomic mass is 10.0. The highest BCUT2D eigenvalue weighted by Crippen LogP contribution is 2.16. The zero-order valence-corrected chi connectivity index (χ0v) is 7.14. The number of rotatable bonds is 5. The first-order valence-electron chi connectivity index (χ1n) is 3.72. The third-order valence-electron chi connectivity index (χ3n) is 1.22. The van der Waals surface area contributed by atoms with E-state index >= 15 is 0 Å². The van der Waals surface area contributed by atoms with Gasteiger partial charge < -0.3 is 0 Å². The molecule has 0 aliphatic heterocycles. The Morgan fingerprint density at radius 1 is 1.40 bits per heavy atom. The summed E-state index contributed by atoms with van der Waals surface area (Å²) in [7, 11) is 0. The molecule has 0 aromatic heterocycles. The van der Waals surface area contributed by atoms with Gasteiger partial charge in [0.2, 0.25) is 0 Å². The molecular formula is C8H17O2. The standard InChI is InChI=1S/C8H17O2/c1-5-7-8(3,4)10-9-6-2/h2,5-7H2,1,3-4H3. The molecule has 0 aliphatic rings. The molecule has 0 amide bonds. The quantitative estimate of drug-likeness (QED) is 0.436. The van der Waals surface area contributed by atoms with Crippen molar-refractivity contribution in [3.63, 3.8) is 0 Å². The van der Waals surface area contributed by atoms with Crippen LogP contribution in [0.4, 0.5) is 0 Å². The predicted molar refractivity (Wildman–Crippen MR) is 41.4 cm³/mol. The normalized spacial score (nSPS) is 12.0. The van der Waals surface area contributed by atoms with Crippen molar-refractivity contribution in [2.45, 2.75) is 39.2 Å². The van der Waals surface area contributed by atoms with E-state index in [1.807, 2.05) is 13.8 Å². The zero-order valence-electron chi connectivity index (χ0n) is 7.14. The van der Waals surface area contributed by atoms with Gasteiger partial charge in [-0.1, -0.05) is 13.3 Å². The van der Waals surface area contributed by atoms with Gasteiger partial charge in [-0.2, -0.15) is 0 Å². The van der Waals surface area contributed by atoms with Crippen molar-refractivity contribution >= 4 is 0 Å². The molecule has 0 fully saturated rings. The van der Waals surface area contributed by atoms with Crippen molar-refractivity contribution < 1.29 is 9.78 Å². The van der Waals surface area contributed by atoms with Gasteiger partial charge in [0.05, 0.1) is 12.2 Å². The summed E-state index contributed by atoms with van der Waals surface area (Å²) in [6.45, 7) is 10.0. The summed E-state index contributed by atoms with van der Waals surface area (Å²) in [6, 6.07) is 0. The van der Waals surface area contributed by atoms with Gasteiger partial charge in [-0.3, -0.25) is 0 Å². The lowest BCUT2D eigenvalue weighted by molar-refractivity contribution is -0.348. The van der Waals surface area contributed by atoms with E-state index in [0.717, 1.165) is 12.8 Å². The van der Waals surface area contributed by atoms with Crippen LogP contribution in [0.5, 0.6) is 0 Å². The van der Waals surface area contributed by atoms with Crippen LogP contribution in [0.2, 0.25) is 0 Å². The summed E-state index contributed by atoms with van der Waals surface area (Å²) in [5.74, 6) is 0. The van der Waals surface area contributed by atoms with Crippen molar-refractivity contribution in [3.05, 3.63) is 6.92 Å². The van der Waals surface area contributed by atoms with Crippen molar-refractivity contribution in [1.82, 2.24) is 0 Å². The fraction of sp³-hybridized carbons (Fsp3) is 0.875. The Morgan fingerprint density at radius 2 is 2.00 bits per heavy atom. The van der Waals surface area contributed by atoms with Crippen LogP contribution in [-0.4, -0.2) is 12.2 Å². The second kappa shape index (κ2) is 4.69. The molecule has 0 atom stereocenters. The fourth-order valence-electron chi connectivity index (χ4n) is 0.845. The summed E-state index contributed by atoms with van der Waals surface area (Å²) in [5.41, 5.74) is -0.160. The van der Waals surface area contributed by atoms with Crippen LogP contribution in [-0.2, 0) is 9.78 Å². The lowest BCUT2D eigenvalue weighted by Crippen LogP contribution is -2.24. The molecule has 0 aliphatic carbocycles. The van der Waals surface area contributed by atoms with E-state index in [1.54, 1.807) is 0 Å². The van der Waals surface area contributed by atoms with Gasteiger partial charge in [0.15, 0.2) is 0 Å². The van der Waals surface area contributed by atoms with Crippen molar-refractivity contribution in [3.8, 4) is 0 Å². The molecule has 2 nitrogen and oxygen atoms in total. The number of hydrogen-bond acceptors (Lipinski definition) is 2. The van der Waals surface area contributed by atoms with Crippen molar-refractivity contribution in [1.29, 1.82) is 0 Å². The fourth-order valence-corrected chi connectivity index (χ4v) is 0.845. The Balaban J connectivity index is 3.42. The first kappa shape index (κ1) is 9.92. The van der Waals surface area contributed by atoms with Gasteiger partial charge in [0, 0.05) is 0 Å². The first-order valence-corrected chi connectivity index (χ1v) is 3.72. The molecule has 61 valence electrons. The Hall–Kier alpha value is -0.0800. The average Bonchev–Trinajstić information content (AvgIpc) is 1.84. The molecule has 10 heavy (non-hydrogen) atoms. The topological polar surface area (TPSA) is 18.5 Å². The van der Waals surface area contributed by atoms with Gasteiger partial charge >= 0.3 is 0 Å². The van der Waals surface area contributed by atoms with E-state index in [2.05, 4.69) is 13.8 Å². The molecule has 0 spiro atoms. The van der Waals surface area contributed by atoms with E-state index in [1.165, 1.54) is 0 Å². The molecule has 0 aromatic rings. The highest BCUT2D eigenvalue weighted by atomic mass is 17.2. The summed E-state index contributed by atoms with van der Waals surface area (Å²) in [6.07, 6.45) is 2.11. The molecule has 0 unspecified atom stereocenters. The highest BCUT2D eigenvalue weighted by Gasteiger charge is 2.17. The van der Waals surface area contributed by atoms with Crippen LogP contribution in [0.3, 0.4) is 0 Å². The summed E-state index contributed by atoms with van der Waals surface area (Å²) in [5, 5.41) is 0. The molecule has 0 rings (SSSR count). The monoisotopic (exact) mass is 145 g/mol.